The lowest BCUT2D eigenvalue weighted by Gasteiger charge is -2.38. The van der Waals surface area contributed by atoms with Crippen LogP contribution in [0.25, 0.3) is 0 Å². The average Bonchev–Trinajstić information content (AvgIpc) is 3.39. The van der Waals surface area contributed by atoms with Crippen LogP contribution in [0.2, 0.25) is 0 Å². The molecule has 38 heavy (non-hydrogen) atoms. The van der Waals surface area contributed by atoms with Crippen molar-refractivity contribution in [2.75, 3.05) is 21.3 Å². The number of rotatable bonds is 10. The number of nitrogens with zero attached hydrogens (tertiary/aromatic N) is 1. The molecule has 0 spiro atoms. The minimum atomic E-state index is -0.179. The summed E-state index contributed by atoms with van der Waals surface area (Å²) in [6.45, 7) is 12.6. The number of hydrogen-bond acceptors (Lipinski definition) is 6. The molecule has 2 aromatic carbocycles. The van der Waals surface area contributed by atoms with Crippen molar-refractivity contribution in [3.05, 3.63) is 63.5 Å². The smallest absolute Gasteiger partial charge is 0.160 e. The topological polar surface area (TPSA) is 63.0 Å². The molecule has 4 rings (SSSR count). The quantitative estimate of drug-likeness (QED) is 0.273. The van der Waals surface area contributed by atoms with E-state index in [-0.39, 0.29) is 5.60 Å². The molecule has 0 saturated heterocycles. The van der Waals surface area contributed by atoms with Gasteiger partial charge in [0.15, 0.2) is 11.5 Å². The molecule has 0 radical (unpaired) electrons. The van der Waals surface area contributed by atoms with Crippen LogP contribution in [0.15, 0.2) is 28.8 Å². The fourth-order valence-electron chi connectivity index (χ4n) is 5.30. The van der Waals surface area contributed by atoms with Crippen molar-refractivity contribution in [2.45, 2.75) is 92.1 Å². The second-order valence-corrected chi connectivity index (χ2v) is 10.1. The summed E-state index contributed by atoms with van der Waals surface area (Å²) in [6, 6.07) is 8.11. The van der Waals surface area contributed by atoms with Crippen molar-refractivity contribution >= 4 is 0 Å². The van der Waals surface area contributed by atoms with E-state index in [1.54, 1.807) is 21.3 Å². The summed E-state index contributed by atoms with van der Waals surface area (Å²) in [5.74, 6) is 4.47. The summed E-state index contributed by atoms with van der Waals surface area (Å²) >= 11 is 0. The number of ether oxygens (including phenoxy) is 4. The fraction of sp³-hybridized carbons (Fsp3) is 0.531. The van der Waals surface area contributed by atoms with Crippen LogP contribution in [0.4, 0.5) is 0 Å². The van der Waals surface area contributed by atoms with Crippen molar-refractivity contribution in [3.63, 3.8) is 0 Å². The second-order valence-electron chi connectivity index (χ2n) is 10.1. The lowest BCUT2D eigenvalue weighted by Crippen LogP contribution is -2.37. The zero-order valence-electron chi connectivity index (χ0n) is 24.7. The van der Waals surface area contributed by atoms with E-state index in [0.29, 0.717) is 0 Å². The first kappa shape index (κ1) is 29.4. The molecule has 3 aromatic rings. The zero-order valence-corrected chi connectivity index (χ0v) is 24.7. The first-order valence-electron chi connectivity index (χ1n) is 13.8. The lowest BCUT2D eigenvalue weighted by atomic mass is 9.84. The summed E-state index contributed by atoms with van der Waals surface area (Å²) in [5, 5.41) is 4.29. The summed E-state index contributed by atoms with van der Waals surface area (Å²) in [5.41, 5.74) is 6.83. The number of benzene rings is 2. The van der Waals surface area contributed by atoms with Crippen molar-refractivity contribution in [1.82, 2.24) is 5.16 Å². The second kappa shape index (κ2) is 13.1. The Morgan fingerprint density at radius 1 is 0.868 bits per heavy atom. The molecule has 1 aliphatic heterocycles. The van der Waals surface area contributed by atoms with Crippen LogP contribution < -0.4 is 18.9 Å². The summed E-state index contributed by atoms with van der Waals surface area (Å²) in [4.78, 5) is 0. The van der Waals surface area contributed by atoms with E-state index in [0.717, 1.165) is 79.4 Å². The van der Waals surface area contributed by atoms with Gasteiger partial charge < -0.3 is 23.5 Å². The van der Waals surface area contributed by atoms with Gasteiger partial charge in [0.1, 0.15) is 22.9 Å². The van der Waals surface area contributed by atoms with E-state index >= 15 is 0 Å². The van der Waals surface area contributed by atoms with E-state index in [1.807, 2.05) is 26.0 Å². The summed E-state index contributed by atoms with van der Waals surface area (Å²) < 4.78 is 28.7. The van der Waals surface area contributed by atoms with Crippen LogP contribution in [-0.4, -0.2) is 32.1 Å². The van der Waals surface area contributed by atoms with E-state index in [2.05, 4.69) is 45.0 Å². The van der Waals surface area contributed by atoms with E-state index < -0.39 is 0 Å². The Morgan fingerprint density at radius 2 is 1.61 bits per heavy atom. The molecule has 0 bridgehead atoms. The Morgan fingerprint density at radius 3 is 2.29 bits per heavy atom. The third kappa shape index (κ3) is 6.46. The van der Waals surface area contributed by atoms with Gasteiger partial charge in [0.25, 0.3) is 0 Å². The van der Waals surface area contributed by atoms with Crippen LogP contribution in [0.1, 0.15) is 79.3 Å². The van der Waals surface area contributed by atoms with Gasteiger partial charge in [0, 0.05) is 18.1 Å². The van der Waals surface area contributed by atoms with Crippen LogP contribution in [0.5, 0.6) is 23.0 Å². The fourth-order valence-corrected chi connectivity index (χ4v) is 5.30. The van der Waals surface area contributed by atoms with E-state index in [9.17, 15) is 0 Å². The van der Waals surface area contributed by atoms with Crippen molar-refractivity contribution in [3.8, 4) is 23.0 Å². The Kier molecular flexibility index (Phi) is 10.1. The predicted molar refractivity (Wildman–Crippen MR) is 152 cm³/mol. The SMILES string of the molecule is CC.COc1ccc(CCc2cc(CCCC3(C)CCc4c(C)c(OC)c(C)c(C)c4O3)on2)cc1OC. The van der Waals surface area contributed by atoms with Crippen molar-refractivity contribution in [2.24, 2.45) is 0 Å². The largest absolute Gasteiger partial charge is 0.496 e. The summed E-state index contributed by atoms with van der Waals surface area (Å²) in [6.07, 6.45) is 6.51. The molecule has 6 nitrogen and oxygen atoms in total. The molecule has 0 amide bonds. The predicted octanol–water partition coefficient (Wildman–Crippen LogP) is 7.54. The molecule has 0 aliphatic carbocycles. The van der Waals surface area contributed by atoms with Crippen LogP contribution in [0, 0.1) is 20.8 Å². The maximum absolute atomic E-state index is 6.66. The van der Waals surface area contributed by atoms with Gasteiger partial charge in [0.2, 0.25) is 0 Å². The minimum Gasteiger partial charge on any atom is -0.496 e. The Hall–Kier alpha value is -3.15. The van der Waals surface area contributed by atoms with Crippen molar-refractivity contribution < 1.29 is 23.5 Å². The number of methoxy groups -OCH3 is 3. The van der Waals surface area contributed by atoms with Crippen LogP contribution >= 0.6 is 0 Å². The minimum absolute atomic E-state index is 0.179. The lowest BCUT2D eigenvalue weighted by molar-refractivity contribution is 0.0525. The Labute approximate surface area is 228 Å². The Bertz CT molecular complexity index is 1220. The molecule has 1 aliphatic rings. The standard InChI is InChI=1S/C30H39NO5.C2H6/c1-19-20(2)29-25(21(3)28(19)34-7)14-16-30(4,35-29)15-8-9-24-18-23(31-36-24)12-10-22-11-13-26(32-5)27(17-22)33-6;1-2/h11,13,17-18H,8-10,12,14-16H2,1-7H3;1-2H3. The van der Waals surface area contributed by atoms with Gasteiger partial charge in [-0.05, 0) is 101 Å². The monoisotopic (exact) mass is 523 g/mol. The highest BCUT2D eigenvalue weighted by atomic mass is 16.5. The molecule has 0 saturated carbocycles. The molecule has 1 unspecified atom stereocenters. The molecule has 2 heterocycles. The molecular weight excluding hydrogens is 478 g/mol. The number of aryl methyl sites for hydroxylation is 3. The highest BCUT2D eigenvalue weighted by Crippen LogP contribution is 2.44. The molecule has 1 aromatic heterocycles. The van der Waals surface area contributed by atoms with Gasteiger partial charge >= 0.3 is 0 Å². The number of fused-ring (bicyclic) bond motifs is 1. The number of hydrogen-bond donors (Lipinski definition) is 0. The van der Waals surface area contributed by atoms with Gasteiger partial charge in [-0.25, -0.2) is 0 Å². The van der Waals surface area contributed by atoms with Crippen LogP contribution in [0.3, 0.4) is 0 Å². The number of aromatic nitrogens is 1. The maximum Gasteiger partial charge on any atom is 0.160 e. The zero-order chi connectivity index (χ0) is 27.9. The maximum atomic E-state index is 6.66. The normalized spacial score (nSPS) is 16.1. The molecular formula is C32H45NO5. The van der Waals surface area contributed by atoms with Gasteiger partial charge in [0.05, 0.1) is 27.0 Å². The van der Waals surface area contributed by atoms with E-state index in [4.69, 9.17) is 23.5 Å². The van der Waals surface area contributed by atoms with Gasteiger partial charge in [-0.2, -0.15) is 0 Å². The van der Waals surface area contributed by atoms with E-state index in [1.165, 1.54) is 27.8 Å². The molecule has 208 valence electrons. The molecule has 0 N–H and O–H groups in total. The molecule has 1 atom stereocenters. The van der Waals surface area contributed by atoms with Crippen molar-refractivity contribution in [1.29, 1.82) is 0 Å². The van der Waals surface area contributed by atoms with Gasteiger partial charge in [-0.1, -0.05) is 25.1 Å². The van der Waals surface area contributed by atoms with Crippen LogP contribution in [-0.2, 0) is 25.7 Å². The highest BCUT2D eigenvalue weighted by Gasteiger charge is 2.34. The average molecular weight is 524 g/mol. The third-order valence-electron chi connectivity index (χ3n) is 7.62. The highest BCUT2D eigenvalue weighted by molar-refractivity contribution is 5.59. The van der Waals surface area contributed by atoms with Gasteiger partial charge in [-0.15, -0.1) is 0 Å². The Balaban J connectivity index is 0.00000195. The first-order chi connectivity index (χ1) is 18.3. The molecule has 0 fully saturated rings. The third-order valence-corrected chi connectivity index (χ3v) is 7.62. The first-order valence-corrected chi connectivity index (χ1v) is 13.8. The van der Waals surface area contributed by atoms with Gasteiger partial charge in [-0.3, -0.25) is 0 Å². The molecule has 6 heteroatoms. The summed E-state index contributed by atoms with van der Waals surface area (Å²) in [7, 11) is 5.05.